The first-order valence-corrected chi connectivity index (χ1v) is 10.1. The summed E-state index contributed by atoms with van der Waals surface area (Å²) in [6.45, 7) is 2.12. The van der Waals surface area contributed by atoms with E-state index in [1.165, 1.54) is 11.6 Å². The third kappa shape index (κ3) is 6.67. The molecule has 1 aromatic carbocycles. The van der Waals surface area contributed by atoms with Gasteiger partial charge < -0.3 is 25.2 Å². The van der Waals surface area contributed by atoms with Crippen molar-refractivity contribution in [1.29, 1.82) is 0 Å². The number of pyridine rings is 1. The lowest BCUT2D eigenvalue weighted by Gasteiger charge is -2.27. The van der Waals surface area contributed by atoms with Crippen LogP contribution in [0.2, 0.25) is 0 Å². The summed E-state index contributed by atoms with van der Waals surface area (Å²) in [6.07, 6.45) is 2.52. The molecule has 3 rings (SSSR count). The Kier molecular flexibility index (Phi) is 9.76. The molecule has 2 N–H and O–H groups in total. The molecule has 9 heteroatoms. The van der Waals surface area contributed by atoms with E-state index in [2.05, 4.69) is 51.7 Å². The monoisotopic (exact) mass is 542 g/mol. The van der Waals surface area contributed by atoms with Crippen LogP contribution in [0.25, 0.3) is 0 Å². The fraction of sp³-hybridized carbons (Fsp3) is 0.455. The van der Waals surface area contributed by atoms with Gasteiger partial charge >= 0.3 is 0 Å². The Labute approximate surface area is 201 Å². The highest BCUT2D eigenvalue weighted by Crippen LogP contribution is 2.23. The number of benzene rings is 1. The highest BCUT2D eigenvalue weighted by atomic mass is 127. The fourth-order valence-corrected chi connectivity index (χ4v) is 3.71. The third-order valence-electron chi connectivity index (χ3n) is 5.36. The lowest BCUT2D eigenvalue weighted by molar-refractivity contribution is 0.297. The number of aromatic nitrogens is 1. The number of methoxy groups -OCH3 is 1. The molecule has 170 valence electrons. The average Bonchev–Trinajstić information content (AvgIpc) is 3.21. The summed E-state index contributed by atoms with van der Waals surface area (Å²) >= 11 is 0. The maximum atomic E-state index is 14.0. The quantitative estimate of drug-likeness (QED) is 0.319. The molecule has 2 aromatic rings. The predicted octanol–water partition coefficient (Wildman–Crippen LogP) is 2.89. The SMILES string of the molecule is CN=C(NCC(c1cccc(OC)c1)N(C)C)NC1CCN(c2ncccc2F)C1.I. The van der Waals surface area contributed by atoms with Gasteiger partial charge in [0.25, 0.3) is 0 Å². The van der Waals surface area contributed by atoms with Gasteiger partial charge in [0, 0.05) is 38.9 Å². The van der Waals surface area contributed by atoms with Gasteiger partial charge in [0.05, 0.1) is 13.2 Å². The first-order valence-electron chi connectivity index (χ1n) is 10.1. The molecule has 2 unspecified atom stereocenters. The molecule has 2 atom stereocenters. The third-order valence-corrected chi connectivity index (χ3v) is 5.36. The molecule has 0 saturated carbocycles. The van der Waals surface area contributed by atoms with Gasteiger partial charge in [0.2, 0.25) is 0 Å². The zero-order valence-electron chi connectivity index (χ0n) is 18.5. The van der Waals surface area contributed by atoms with Crippen LogP contribution < -0.4 is 20.3 Å². The smallest absolute Gasteiger partial charge is 0.191 e. The minimum absolute atomic E-state index is 0. The van der Waals surface area contributed by atoms with Crippen molar-refractivity contribution >= 4 is 35.8 Å². The molecule has 0 amide bonds. The van der Waals surface area contributed by atoms with Gasteiger partial charge in [-0.15, -0.1) is 24.0 Å². The van der Waals surface area contributed by atoms with Crippen molar-refractivity contribution in [2.75, 3.05) is 52.8 Å². The topological polar surface area (TPSA) is 65.0 Å². The molecule has 0 spiro atoms. The van der Waals surface area contributed by atoms with Gasteiger partial charge in [-0.2, -0.15) is 0 Å². The van der Waals surface area contributed by atoms with Crippen LogP contribution in [-0.4, -0.2) is 69.8 Å². The Balaban J connectivity index is 0.00000341. The van der Waals surface area contributed by atoms with Crippen molar-refractivity contribution in [3.63, 3.8) is 0 Å². The van der Waals surface area contributed by atoms with E-state index < -0.39 is 0 Å². The zero-order chi connectivity index (χ0) is 21.5. The minimum atomic E-state index is -0.284. The highest BCUT2D eigenvalue weighted by Gasteiger charge is 2.26. The van der Waals surface area contributed by atoms with Gasteiger partial charge in [-0.1, -0.05) is 12.1 Å². The average molecular weight is 542 g/mol. The van der Waals surface area contributed by atoms with Crippen molar-refractivity contribution < 1.29 is 9.13 Å². The molecule has 1 saturated heterocycles. The number of nitrogens with one attached hydrogen (secondary N) is 2. The van der Waals surface area contributed by atoms with Gasteiger partial charge in [0.15, 0.2) is 17.6 Å². The number of nitrogens with zero attached hydrogens (tertiary/aromatic N) is 4. The van der Waals surface area contributed by atoms with Gasteiger partial charge in [-0.3, -0.25) is 4.99 Å². The molecule has 1 fully saturated rings. The largest absolute Gasteiger partial charge is 0.497 e. The summed E-state index contributed by atoms with van der Waals surface area (Å²) in [5, 5.41) is 6.88. The van der Waals surface area contributed by atoms with Crippen LogP contribution in [-0.2, 0) is 0 Å². The molecule has 7 nitrogen and oxygen atoms in total. The molecule has 0 aliphatic carbocycles. The maximum absolute atomic E-state index is 14.0. The Morgan fingerprint density at radius 3 is 2.84 bits per heavy atom. The van der Waals surface area contributed by atoms with Crippen LogP contribution in [0.5, 0.6) is 5.75 Å². The van der Waals surface area contributed by atoms with E-state index >= 15 is 0 Å². The molecule has 1 aromatic heterocycles. The summed E-state index contributed by atoms with van der Waals surface area (Å²) in [5.41, 5.74) is 1.17. The first-order chi connectivity index (χ1) is 14.5. The second-order valence-corrected chi connectivity index (χ2v) is 7.59. The first kappa shape index (κ1) is 25.1. The van der Waals surface area contributed by atoms with E-state index in [0.29, 0.717) is 18.9 Å². The van der Waals surface area contributed by atoms with Gasteiger partial charge in [0.1, 0.15) is 5.75 Å². The predicted molar refractivity (Wildman–Crippen MR) is 134 cm³/mol. The highest BCUT2D eigenvalue weighted by molar-refractivity contribution is 14.0. The van der Waals surface area contributed by atoms with Crippen molar-refractivity contribution in [3.8, 4) is 5.75 Å². The van der Waals surface area contributed by atoms with E-state index in [1.54, 1.807) is 26.4 Å². The van der Waals surface area contributed by atoms with Crippen LogP contribution in [0.1, 0.15) is 18.0 Å². The lowest BCUT2D eigenvalue weighted by atomic mass is 10.1. The second-order valence-electron chi connectivity index (χ2n) is 7.59. The zero-order valence-corrected chi connectivity index (χ0v) is 20.8. The van der Waals surface area contributed by atoms with Crippen LogP contribution >= 0.6 is 24.0 Å². The molecule has 2 heterocycles. The molecule has 0 radical (unpaired) electrons. The summed E-state index contributed by atoms with van der Waals surface area (Å²) in [7, 11) is 7.54. The summed E-state index contributed by atoms with van der Waals surface area (Å²) in [6, 6.07) is 11.5. The number of hydrogen-bond acceptors (Lipinski definition) is 5. The second kappa shape index (κ2) is 12.0. The van der Waals surface area contributed by atoms with Crippen LogP contribution in [0.4, 0.5) is 10.2 Å². The molecule has 1 aliphatic heterocycles. The normalized spacial score (nSPS) is 17.3. The van der Waals surface area contributed by atoms with Crippen LogP contribution in [0.3, 0.4) is 0 Å². The summed E-state index contributed by atoms with van der Waals surface area (Å²) < 4.78 is 19.4. The number of halogens is 2. The molecule has 1 aliphatic rings. The lowest BCUT2D eigenvalue weighted by Crippen LogP contribution is -2.46. The van der Waals surface area contributed by atoms with Crippen molar-refractivity contribution in [2.24, 2.45) is 4.99 Å². The number of hydrogen-bond donors (Lipinski definition) is 2. The molecular weight excluding hydrogens is 510 g/mol. The summed E-state index contributed by atoms with van der Waals surface area (Å²) in [4.78, 5) is 12.7. The van der Waals surface area contributed by atoms with Gasteiger partial charge in [-0.05, 0) is 50.3 Å². The molecule has 0 bridgehead atoms. The van der Waals surface area contributed by atoms with Crippen molar-refractivity contribution in [3.05, 3.63) is 54.0 Å². The standard InChI is InChI=1S/C22H31FN6O.HI/c1-24-22(26-14-20(28(2)3)16-7-5-8-18(13-16)30-4)27-17-10-12-29(15-17)21-19(23)9-6-11-25-21;/h5-9,11,13,17,20H,10,12,14-15H2,1-4H3,(H2,24,26,27);1H. The van der Waals surface area contributed by atoms with E-state index in [0.717, 1.165) is 24.7 Å². The Morgan fingerprint density at radius 1 is 1.35 bits per heavy atom. The molecule has 31 heavy (non-hydrogen) atoms. The van der Waals surface area contributed by atoms with E-state index in [4.69, 9.17) is 4.74 Å². The number of ether oxygens (including phenoxy) is 1. The van der Waals surface area contributed by atoms with Crippen molar-refractivity contribution in [2.45, 2.75) is 18.5 Å². The van der Waals surface area contributed by atoms with Crippen LogP contribution in [0.15, 0.2) is 47.6 Å². The van der Waals surface area contributed by atoms with Gasteiger partial charge in [-0.25, -0.2) is 9.37 Å². The Morgan fingerprint density at radius 2 is 2.16 bits per heavy atom. The Hall–Kier alpha value is -2.14. The number of guanidine groups is 1. The molecular formula is C22H32FIN6O. The van der Waals surface area contributed by atoms with Crippen molar-refractivity contribution in [1.82, 2.24) is 20.5 Å². The minimum Gasteiger partial charge on any atom is -0.497 e. The summed E-state index contributed by atoms with van der Waals surface area (Å²) in [5.74, 6) is 1.70. The van der Waals surface area contributed by atoms with E-state index in [1.807, 2.05) is 17.0 Å². The van der Waals surface area contributed by atoms with Crippen LogP contribution in [0, 0.1) is 5.82 Å². The fourth-order valence-electron chi connectivity index (χ4n) is 3.71. The van der Waals surface area contributed by atoms with E-state index in [9.17, 15) is 4.39 Å². The number of aliphatic imine (C=N–C) groups is 1. The number of likely N-dealkylation sites (N-methyl/N-ethyl adjacent to an activating group) is 1. The number of anilines is 1. The Bertz CT molecular complexity index is 865. The number of rotatable bonds is 7. The maximum Gasteiger partial charge on any atom is 0.191 e. The van der Waals surface area contributed by atoms with E-state index in [-0.39, 0.29) is 41.9 Å².